The van der Waals surface area contributed by atoms with Gasteiger partial charge in [0.2, 0.25) is 0 Å². The Morgan fingerprint density at radius 3 is 1.40 bits per heavy atom. The van der Waals surface area contributed by atoms with E-state index in [9.17, 15) is 23.9 Å². The Bertz CT molecular complexity index is 1010. The number of carbonyl (C=O) groups is 2. The van der Waals surface area contributed by atoms with E-state index >= 15 is 0 Å². The molecule has 0 spiro atoms. The van der Waals surface area contributed by atoms with Crippen LogP contribution in [0, 0.1) is 0 Å². The van der Waals surface area contributed by atoms with Crippen molar-refractivity contribution in [2.45, 2.75) is 148 Å². The number of rotatable bonds is 32. The minimum Gasteiger partial charge on any atom is -0.790 e. The lowest BCUT2D eigenvalue weighted by Crippen LogP contribution is -2.31. The fraction of sp³-hybridized carbons (Fsp3) is 0.641. The van der Waals surface area contributed by atoms with E-state index in [0.29, 0.717) is 12.8 Å². The predicted molar refractivity (Wildman–Crippen MR) is 193 cm³/mol. The molecule has 0 aliphatic rings. The smallest absolute Gasteiger partial charge is 0.306 e. The van der Waals surface area contributed by atoms with Crippen molar-refractivity contribution in [1.82, 2.24) is 0 Å². The molecule has 0 aromatic rings. The van der Waals surface area contributed by atoms with Gasteiger partial charge in [-0.1, -0.05) is 125 Å². The average Bonchev–Trinajstić information content (AvgIpc) is 3.05. The maximum atomic E-state index is 12.3. The molecule has 9 heteroatoms. The summed E-state index contributed by atoms with van der Waals surface area (Å²) in [6.07, 6.45) is 42.9. The molecule has 8 nitrogen and oxygen atoms in total. The number of unbranched alkanes of at least 4 members (excludes halogenated alkanes) is 10. The molecule has 0 bridgehead atoms. The molecule has 0 amide bonds. The van der Waals surface area contributed by atoms with E-state index in [4.69, 9.17) is 9.47 Å². The fourth-order valence-corrected chi connectivity index (χ4v) is 4.92. The zero-order chi connectivity index (χ0) is 35.4. The van der Waals surface area contributed by atoms with Crippen LogP contribution in [-0.2, 0) is 28.2 Å². The van der Waals surface area contributed by atoms with Gasteiger partial charge in [0.15, 0.2) is 6.10 Å². The highest BCUT2D eigenvalue weighted by molar-refractivity contribution is 7.43. The lowest BCUT2D eigenvalue weighted by molar-refractivity contribution is -0.343. The van der Waals surface area contributed by atoms with E-state index in [2.05, 4.69) is 91.3 Å². The van der Waals surface area contributed by atoms with Crippen LogP contribution < -0.4 is 9.79 Å². The van der Waals surface area contributed by atoms with Crippen molar-refractivity contribution < 1.29 is 37.9 Å². The van der Waals surface area contributed by atoms with Gasteiger partial charge in [-0.05, 0) is 77.0 Å². The van der Waals surface area contributed by atoms with Crippen LogP contribution >= 0.6 is 7.82 Å². The zero-order valence-electron chi connectivity index (χ0n) is 29.8. The second kappa shape index (κ2) is 34.4. The van der Waals surface area contributed by atoms with Crippen LogP contribution in [0.15, 0.2) is 72.9 Å². The van der Waals surface area contributed by atoms with E-state index < -0.39 is 32.5 Å². The highest BCUT2D eigenvalue weighted by Crippen LogP contribution is 2.25. The van der Waals surface area contributed by atoms with Crippen molar-refractivity contribution in [1.29, 1.82) is 0 Å². The quantitative estimate of drug-likeness (QED) is 0.0296. The third-order valence-corrected chi connectivity index (χ3v) is 7.68. The first-order chi connectivity index (χ1) is 23.3. The number of phosphoric ester groups is 1. The third kappa shape index (κ3) is 36.3. The molecule has 0 fully saturated rings. The van der Waals surface area contributed by atoms with Crippen molar-refractivity contribution in [2.24, 2.45) is 0 Å². The maximum Gasteiger partial charge on any atom is 0.306 e. The Hall–Kier alpha value is -2.51. The van der Waals surface area contributed by atoms with Crippen LogP contribution in [0.2, 0.25) is 0 Å². The molecule has 0 radical (unpaired) electrons. The molecule has 0 heterocycles. The van der Waals surface area contributed by atoms with E-state index in [0.717, 1.165) is 103 Å². The highest BCUT2D eigenvalue weighted by Gasteiger charge is 2.18. The Morgan fingerprint density at radius 2 is 0.938 bits per heavy atom. The van der Waals surface area contributed by atoms with E-state index in [1.165, 1.54) is 0 Å². The first kappa shape index (κ1) is 45.5. The van der Waals surface area contributed by atoms with E-state index in [1.807, 2.05) is 0 Å². The molecule has 48 heavy (non-hydrogen) atoms. The predicted octanol–water partition coefficient (Wildman–Crippen LogP) is 9.47. The van der Waals surface area contributed by atoms with Crippen molar-refractivity contribution >= 4 is 19.8 Å². The molecule has 0 N–H and O–H groups in total. The number of allylic oxidation sites excluding steroid dienone is 12. The second-order valence-corrected chi connectivity index (χ2v) is 12.9. The van der Waals surface area contributed by atoms with Gasteiger partial charge in [-0.25, -0.2) is 0 Å². The van der Waals surface area contributed by atoms with Gasteiger partial charge < -0.3 is 28.3 Å². The number of carbonyl (C=O) groups excluding carboxylic acids is 2. The maximum absolute atomic E-state index is 12.3. The number of hydrogen-bond donors (Lipinski definition) is 0. The molecule has 0 saturated heterocycles. The van der Waals surface area contributed by atoms with Crippen molar-refractivity contribution in [3.05, 3.63) is 72.9 Å². The number of esters is 2. The van der Waals surface area contributed by atoms with E-state index in [-0.39, 0.29) is 19.4 Å². The molecule has 0 unspecified atom stereocenters. The van der Waals surface area contributed by atoms with Gasteiger partial charge in [-0.15, -0.1) is 0 Å². The summed E-state index contributed by atoms with van der Waals surface area (Å²) < 4.78 is 25.7. The number of hydrogen-bond acceptors (Lipinski definition) is 8. The minimum absolute atomic E-state index is 0.153. The highest BCUT2D eigenvalue weighted by atomic mass is 31.2. The average molecular weight is 691 g/mol. The summed E-state index contributed by atoms with van der Waals surface area (Å²) >= 11 is 0. The Kier molecular flexibility index (Phi) is 32.6. The molecule has 0 saturated carbocycles. The molecule has 0 aromatic heterocycles. The first-order valence-electron chi connectivity index (χ1n) is 18.2. The largest absolute Gasteiger partial charge is 0.790 e. The van der Waals surface area contributed by atoms with Crippen LogP contribution in [0.5, 0.6) is 0 Å². The van der Waals surface area contributed by atoms with Crippen LogP contribution in [0.3, 0.4) is 0 Å². The van der Waals surface area contributed by atoms with Crippen LogP contribution in [0.4, 0.5) is 0 Å². The Balaban J connectivity index is 4.06. The van der Waals surface area contributed by atoms with Crippen LogP contribution in [0.25, 0.3) is 0 Å². The molecule has 0 rings (SSSR count). The SMILES string of the molecule is CC/C=C\C/C=C\C/C=C\CCCCCCCC(=O)OC[C@H](COP(=O)([O-])[O-])OC(=O)CCCCCCC/C=C\C/C=C\C/C=C\CC. The summed E-state index contributed by atoms with van der Waals surface area (Å²) in [5.74, 6) is -1.01. The van der Waals surface area contributed by atoms with Gasteiger partial charge in [0.25, 0.3) is 0 Å². The number of phosphoric acid groups is 1. The van der Waals surface area contributed by atoms with Gasteiger partial charge in [0.1, 0.15) is 6.61 Å². The van der Waals surface area contributed by atoms with E-state index in [1.54, 1.807) is 0 Å². The summed E-state index contributed by atoms with van der Waals surface area (Å²) in [5, 5.41) is 0. The van der Waals surface area contributed by atoms with Crippen LogP contribution in [0.1, 0.15) is 142 Å². The molecular formula is C39H63O8P-2. The first-order valence-corrected chi connectivity index (χ1v) is 19.7. The lowest BCUT2D eigenvalue weighted by Gasteiger charge is -2.30. The van der Waals surface area contributed by atoms with Crippen LogP contribution in [-0.4, -0.2) is 31.3 Å². The summed E-state index contributed by atoms with van der Waals surface area (Å²) in [5.41, 5.74) is 0. The second-order valence-electron chi connectivity index (χ2n) is 11.7. The lowest BCUT2D eigenvalue weighted by atomic mass is 10.1. The van der Waals surface area contributed by atoms with Gasteiger partial charge >= 0.3 is 11.9 Å². The Morgan fingerprint density at radius 1 is 0.542 bits per heavy atom. The summed E-state index contributed by atoms with van der Waals surface area (Å²) in [6.45, 7) is 3.22. The van der Waals surface area contributed by atoms with Crippen molar-refractivity contribution in [3.63, 3.8) is 0 Å². The van der Waals surface area contributed by atoms with Gasteiger partial charge in [-0.2, -0.15) is 0 Å². The zero-order valence-corrected chi connectivity index (χ0v) is 30.7. The minimum atomic E-state index is -5.26. The number of ether oxygens (including phenoxy) is 2. The standard InChI is InChI=1S/C39H65O8P/c1-3-5-7-9-11-13-15-17-19-21-23-25-27-29-31-33-38(40)45-35-37(36-46-48(42,43)44)47-39(41)34-32-30-28-26-24-22-20-18-16-14-12-10-8-6-4-2/h5-8,11-14,17-20,37H,3-4,9-10,15-16,21-36H2,1-2H3,(H2,42,43,44)/p-2/b7-5-,8-6-,13-11-,14-12-,19-17-,20-18-/t37-/m1/s1. The molecule has 0 aliphatic heterocycles. The summed E-state index contributed by atoms with van der Waals surface area (Å²) in [4.78, 5) is 46.4. The molecule has 1 atom stereocenters. The molecule has 0 aliphatic carbocycles. The topological polar surface area (TPSA) is 125 Å². The molecule has 0 aromatic carbocycles. The summed E-state index contributed by atoms with van der Waals surface area (Å²) in [7, 11) is -5.26. The van der Waals surface area contributed by atoms with Gasteiger partial charge in [0, 0.05) is 12.8 Å². The van der Waals surface area contributed by atoms with Crippen molar-refractivity contribution in [2.75, 3.05) is 13.2 Å². The van der Waals surface area contributed by atoms with Crippen molar-refractivity contribution in [3.8, 4) is 0 Å². The van der Waals surface area contributed by atoms with Gasteiger partial charge in [-0.3, -0.25) is 9.59 Å². The molecular weight excluding hydrogens is 627 g/mol. The molecule has 274 valence electrons. The third-order valence-electron chi connectivity index (χ3n) is 7.21. The van der Waals surface area contributed by atoms with Gasteiger partial charge in [0.05, 0.1) is 14.4 Å². The normalized spacial score (nSPS) is 13.3. The Labute approximate surface area is 291 Å². The fourth-order valence-electron chi connectivity index (χ4n) is 4.57. The summed E-state index contributed by atoms with van der Waals surface area (Å²) in [6, 6.07) is 0. The monoisotopic (exact) mass is 690 g/mol.